The van der Waals surface area contributed by atoms with Crippen LogP contribution < -0.4 is 18.9 Å². The summed E-state index contributed by atoms with van der Waals surface area (Å²) in [4.78, 5) is 2.42. The van der Waals surface area contributed by atoms with Crippen molar-refractivity contribution in [3.8, 4) is 23.0 Å². The molecule has 2 unspecified atom stereocenters. The van der Waals surface area contributed by atoms with Gasteiger partial charge in [-0.05, 0) is 73.9 Å². The predicted octanol–water partition coefficient (Wildman–Crippen LogP) is 2.90. The van der Waals surface area contributed by atoms with Crippen LogP contribution in [0.25, 0.3) is 0 Å². The van der Waals surface area contributed by atoms with Crippen LogP contribution in [0, 0.1) is 0 Å². The van der Waals surface area contributed by atoms with Crippen molar-refractivity contribution in [1.82, 2.24) is 4.90 Å². The largest absolute Gasteiger partial charge is 0.454 e. The Balaban J connectivity index is 1.21. The molecule has 3 heterocycles. The molecule has 2 aromatic rings. The Morgan fingerprint density at radius 1 is 0.781 bits per heavy atom. The van der Waals surface area contributed by atoms with Crippen molar-refractivity contribution in [1.29, 1.82) is 0 Å². The number of aryl methyl sites for hydroxylation is 2. The molecule has 5 rings (SSSR count). The summed E-state index contributed by atoms with van der Waals surface area (Å²) in [5, 5.41) is 19.6. The Morgan fingerprint density at radius 2 is 1.28 bits per heavy atom. The zero-order chi connectivity index (χ0) is 21.9. The molecule has 2 N–H and O–H groups in total. The van der Waals surface area contributed by atoms with Gasteiger partial charge in [-0.25, -0.2) is 0 Å². The predicted molar refractivity (Wildman–Crippen MR) is 118 cm³/mol. The van der Waals surface area contributed by atoms with Gasteiger partial charge in [0.2, 0.25) is 13.6 Å². The number of fused-ring (bicyclic) bond motifs is 2. The number of nitrogens with zero attached hydrogens (tertiary/aromatic N) is 1. The molecule has 7 nitrogen and oxygen atoms in total. The van der Waals surface area contributed by atoms with Gasteiger partial charge in [-0.15, -0.1) is 0 Å². The van der Waals surface area contributed by atoms with E-state index < -0.39 is 6.10 Å². The van der Waals surface area contributed by atoms with Crippen molar-refractivity contribution in [2.75, 3.05) is 26.7 Å². The zero-order valence-corrected chi connectivity index (χ0v) is 18.2. The van der Waals surface area contributed by atoms with Gasteiger partial charge in [-0.3, -0.25) is 4.90 Å². The highest BCUT2D eigenvalue weighted by atomic mass is 16.7. The Morgan fingerprint density at radius 3 is 1.78 bits per heavy atom. The monoisotopic (exact) mass is 441 g/mol. The van der Waals surface area contributed by atoms with E-state index >= 15 is 0 Å². The topological polar surface area (TPSA) is 80.6 Å². The fourth-order valence-electron chi connectivity index (χ4n) is 5.09. The lowest BCUT2D eigenvalue weighted by Gasteiger charge is -2.32. The Kier molecular flexibility index (Phi) is 6.39. The molecular weight excluding hydrogens is 410 g/mol. The smallest absolute Gasteiger partial charge is 0.231 e. The van der Waals surface area contributed by atoms with Crippen molar-refractivity contribution in [2.24, 2.45) is 0 Å². The van der Waals surface area contributed by atoms with Crippen LogP contribution >= 0.6 is 0 Å². The van der Waals surface area contributed by atoms with Crippen molar-refractivity contribution in [3.05, 3.63) is 47.5 Å². The summed E-state index contributed by atoms with van der Waals surface area (Å²) in [6, 6.07) is 13.1. The molecule has 32 heavy (non-hydrogen) atoms. The van der Waals surface area contributed by atoms with Gasteiger partial charge in [0.05, 0.1) is 12.7 Å². The zero-order valence-electron chi connectivity index (χ0n) is 18.2. The van der Waals surface area contributed by atoms with Crippen LogP contribution in [0.4, 0.5) is 0 Å². The lowest BCUT2D eigenvalue weighted by molar-refractivity contribution is 0.0393. The number of benzene rings is 2. The number of aliphatic hydroxyl groups is 2. The van der Waals surface area contributed by atoms with E-state index in [4.69, 9.17) is 18.9 Å². The molecule has 7 heteroatoms. The summed E-state index contributed by atoms with van der Waals surface area (Å²) in [6.45, 7) is 0.882. The molecule has 1 saturated heterocycles. The summed E-state index contributed by atoms with van der Waals surface area (Å²) in [7, 11) is 0. The van der Waals surface area contributed by atoms with Gasteiger partial charge in [-0.1, -0.05) is 12.1 Å². The third-order valence-corrected chi connectivity index (χ3v) is 6.81. The van der Waals surface area contributed by atoms with Crippen LogP contribution in [0.3, 0.4) is 0 Å². The molecule has 0 saturated carbocycles. The second-order valence-corrected chi connectivity index (χ2v) is 8.87. The number of β-amino-alcohol motifs (C(OH)–C–C–N with tert-alkyl or cyclic N) is 1. The molecule has 2 aromatic carbocycles. The van der Waals surface area contributed by atoms with E-state index in [9.17, 15) is 10.2 Å². The minimum absolute atomic E-state index is 0.208. The minimum atomic E-state index is -0.714. The highest BCUT2D eigenvalue weighted by Gasteiger charge is 2.34. The molecule has 3 aliphatic heterocycles. The van der Waals surface area contributed by atoms with Gasteiger partial charge in [0.15, 0.2) is 23.0 Å². The van der Waals surface area contributed by atoms with Gasteiger partial charge >= 0.3 is 0 Å². The third kappa shape index (κ3) is 4.65. The molecule has 0 radical (unpaired) electrons. The van der Waals surface area contributed by atoms with E-state index in [-0.39, 0.29) is 6.61 Å². The number of hydrogen-bond acceptors (Lipinski definition) is 7. The molecule has 1 fully saturated rings. The van der Waals surface area contributed by atoms with Crippen molar-refractivity contribution in [3.63, 3.8) is 0 Å². The second kappa shape index (κ2) is 9.57. The molecule has 3 atom stereocenters. The van der Waals surface area contributed by atoms with Crippen molar-refractivity contribution >= 4 is 0 Å². The van der Waals surface area contributed by atoms with E-state index in [1.807, 2.05) is 12.1 Å². The highest BCUT2D eigenvalue weighted by molar-refractivity contribution is 5.45. The Hall–Kier alpha value is -2.48. The van der Waals surface area contributed by atoms with Gasteiger partial charge in [-0.2, -0.15) is 0 Å². The summed E-state index contributed by atoms with van der Waals surface area (Å²) >= 11 is 0. The van der Waals surface area contributed by atoms with E-state index in [2.05, 4.69) is 29.2 Å². The summed E-state index contributed by atoms with van der Waals surface area (Å²) in [5.74, 6) is 3.27. The van der Waals surface area contributed by atoms with Gasteiger partial charge in [0.25, 0.3) is 0 Å². The number of rotatable bonds is 9. The Labute approximate surface area is 188 Å². The van der Waals surface area contributed by atoms with Crippen LogP contribution in [-0.4, -0.2) is 60.0 Å². The first kappa shape index (κ1) is 21.4. The van der Waals surface area contributed by atoms with Crippen molar-refractivity contribution in [2.45, 2.75) is 56.7 Å². The van der Waals surface area contributed by atoms with E-state index in [1.54, 1.807) is 0 Å². The second-order valence-electron chi connectivity index (χ2n) is 8.87. The van der Waals surface area contributed by atoms with Crippen LogP contribution in [0.5, 0.6) is 23.0 Å². The summed E-state index contributed by atoms with van der Waals surface area (Å²) < 4.78 is 21.8. The molecule has 0 spiro atoms. The van der Waals surface area contributed by atoms with Crippen LogP contribution in [0.15, 0.2) is 36.4 Å². The number of ether oxygens (including phenoxy) is 4. The minimum Gasteiger partial charge on any atom is -0.454 e. The summed E-state index contributed by atoms with van der Waals surface area (Å²) in [6.07, 6.45) is 5.41. The normalized spacial score (nSPS) is 22.4. The molecule has 0 aliphatic carbocycles. The van der Waals surface area contributed by atoms with Gasteiger partial charge in [0, 0.05) is 18.6 Å². The first-order valence-electron chi connectivity index (χ1n) is 11.5. The number of likely N-dealkylation sites (tertiary alicyclic amines) is 1. The maximum absolute atomic E-state index is 10.2. The highest BCUT2D eigenvalue weighted by Crippen LogP contribution is 2.36. The molecule has 0 bridgehead atoms. The first-order chi connectivity index (χ1) is 15.7. The molecule has 0 aromatic heterocycles. The number of aliphatic hydroxyl groups excluding tert-OH is 2. The SMILES string of the molecule is OC[C@H](O)CN1C(CCc2ccc3c(c2)OCO3)CCC1CCc1ccc2c(c1)OCO2. The average molecular weight is 442 g/mol. The van der Waals surface area contributed by atoms with E-state index in [1.165, 1.54) is 11.1 Å². The first-order valence-corrected chi connectivity index (χ1v) is 11.5. The lowest BCUT2D eigenvalue weighted by Crippen LogP contribution is -2.42. The third-order valence-electron chi connectivity index (χ3n) is 6.81. The van der Waals surface area contributed by atoms with Gasteiger partial charge in [0.1, 0.15) is 0 Å². The Bertz CT molecular complexity index is 865. The van der Waals surface area contributed by atoms with E-state index in [0.29, 0.717) is 32.2 Å². The maximum Gasteiger partial charge on any atom is 0.231 e. The quantitative estimate of drug-likeness (QED) is 0.619. The average Bonchev–Trinajstić information content (AvgIpc) is 3.55. The van der Waals surface area contributed by atoms with Crippen LogP contribution in [0.1, 0.15) is 36.8 Å². The molecule has 172 valence electrons. The standard InChI is InChI=1S/C25H31NO6/c27-14-21(28)13-26-19(5-1-17-3-9-22-24(11-17)31-15-29-22)7-8-20(26)6-2-18-4-10-23-25(12-18)32-16-30-23/h3-4,9-12,19-21,27-28H,1-2,5-8,13-16H2/t19?,20?,21-/m1/s1. The molecular formula is C25H31NO6. The molecule has 0 amide bonds. The fourth-order valence-corrected chi connectivity index (χ4v) is 5.09. The van der Waals surface area contributed by atoms with Crippen LogP contribution in [0.2, 0.25) is 0 Å². The van der Waals surface area contributed by atoms with Crippen LogP contribution in [-0.2, 0) is 12.8 Å². The lowest BCUT2D eigenvalue weighted by atomic mass is 10.0. The fraction of sp³-hybridized carbons (Fsp3) is 0.520. The number of hydrogen-bond donors (Lipinski definition) is 2. The summed E-state index contributed by atoms with van der Waals surface area (Å²) in [5.41, 5.74) is 2.47. The van der Waals surface area contributed by atoms with Gasteiger partial charge < -0.3 is 29.2 Å². The maximum atomic E-state index is 10.2. The molecule has 3 aliphatic rings. The van der Waals surface area contributed by atoms with Crippen molar-refractivity contribution < 1.29 is 29.2 Å². The van der Waals surface area contributed by atoms with E-state index in [0.717, 1.165) is 61.5 Å².